The van der Waals surface area contributed by atoms with Gasteiger partial charge in [-0.2, -0.15) is 0 Å². The minimum absolute atomic E-state index is 0.146. The van der Waals surface area contributed by atoms with Gasteiger partial charge in [0.2, 0.25) is 0 Å². The van der Waals surface area contributed by atoms with Crippen molar-refractivity contribution in [2.45, 2.75) is 25.4 Å². The van der Waals surface area contributed by atoms with E-state index in [9.17, 15) is 9.90 Å². The Hall–Kier alpha value is -0.710. The van der Waals surface area contributed by atoms with E-state index in [0.29, 0.717) is 35.4 Å². The minimum atomic E-state index is -0.719. The highest BCUT2D eigenvalue weighted by molar-refractivity contribution is 6.41. The summed E-state index contributed by atoms with van der Waals surface area (Å²) in [7, 11) is 1.69. The molecule has 4 nitrogen and oxygen atoms in total. The zero-order valence-corrected chi connectivity index (χ0v) is 11.9. The van der Waals surface area contributed by atoms with Crippen LogP contribution in [0.15, 0.2) is 6.07 Å². The topological polar surface area (TPSA) is 45.5 Å². The standard InChI is InChI=1S/C12H16Cl2N2O2/c1-3-4-12(18)6-16(7-12)11(17)9-5-8(13)10(14)15(9)2/h5,18H,3-4,6-7H2,1-2H3. The SMILES string of the molecule is CCCC1(O)CN(C(=O)c2cc(Cl)c(Cl)n2C)C1. The second-order valence-electron chi connectivity index (χ2n) is 4.86. The Morgan fingerprint density at radius 3 is 2.56 bits per heavy atom. The molecule has 0 saturated carbocycles. The Morgan fingerprint density at radius 1 is 1.50 bits per heavy atom. The monoisotopic (exact) mass is 290 g/mol. The summed E-state index contributed by atoms with van der Waals surface area (Å²) in [5.41, 5.74) is -0.271. The van der Waals surface area contributed by atoms with Crippen LogP contribution in [0.5, 0.6) is 0 Å². The maximum absolute atomic E-state index is 12.2. The fourth-order valence-electron chi connectivity index (χ4n) is 2.34. The van der Waals surface area contributed by atoms with Crippen LogP contribution in [-0.2, 0) is 7.05 Å². The molecule has 0 aromatic carbocycles. The van der Waals surface area contributed by atoms with Crippen LogP contribution in [0.4, 0.5) is 0 Å². The molecular weight excluding hydrogens is 275 g/mol. The summed E-state index contributed by atoms with van der Waals surface area (Å²) in [5.74, 6) is -0.146. The van der Waals surface area contributed by atoms with Crippen LogP contribution in [0, 0.1) is 0 Å². The summed E-state index contributed by atoms with van der Waals surface area (Å²) in [5, 5.41) is 10.8. The van der Waals surface area contributed by atoms with Crippen LogP contribution in [0.3, 0.4) is 0 Å². The largest absolute Gasteiger partial charge is 0.386 e. The lowest BCUT2D eigenvalue weighted by atomic mass is 9.89. The molecule has 1 aliphatic rings. The van der Waals surface area contributed by atoms with Gasteiger partial charge in [-0.05, 0) is 12.5 Å². The maximum atomic E-state index is 12.2. The number of β-amino-alcohol motifs (C(OH)–C–C–N with tert-alkyl or cyclic N) is 1. The zero-order chi connectivity index (χ0) is 13.5. The lowest BCUT2D eigenvalue weighted by Crippen LogP contribution is -2.63. The molecule has 0 spiro atoms. The Bertz CT molecular complexity index is 479. The first kappa shape index (κ1) is 13.7. The van der Waals surface area contributed by atoms with E-state index in [4.69, 9.17) is 23.2 Å². The van der Waals surface area contributed by atoms with E-state index in [-0.39, 0.29) is 5.91 Å². The molecule has 1 N–H and O–H groups in total. The molecule has 1 amide bonds. The average Bonchev–Trinajstić information content (AvgIpc) is 2.53. The van der Waals surface area contributed by atoms with E-state index < -0.39 is 5.60 Å². The molecule has 1 aromatic heterocycles. The third-order valence-corrected chi connectivity index (χ3v) is 4.15. The van der Waals surface area contributed by atoms with Gasteiger partial charge in [0.05, 0.1) is 23.7 Å². The second kappa shape index (κ2) is 4.76. The maximum Gasteiger partial charge on any atom is 0.270 e. The summed E-state index contributed by atoms with van der Waals surface area (Å²) < 4.78 is 1.56. The molecule has 1 aromatic rings. The lowest BCUT2D eigenvalue weighted by molar-refractivity contribution is -0.0862. The van der Waals surface area contributed by atoms with Gasteiger partial charge in [-0.15, -0.1) is 0 Å². The highest BCUT2D eigenvalue weighted by Gasteiger charge is 2.43. The van der Waals surface area contributed by atoms with Gasteiger partial charge < -0.3 is 14.6 Å². The molecule has 2 rings (SSSR count). The van der Waals surface area contributed by atoms with Crippen LogP contribution < -0.4 is 0 Å². The molecule has 6 heteroatoms. The van der Waals surface area contributed by atoms with Crippen molar-refractivity contribution in [1.29, 1.82) is 0 Å². The zero-order valence-electron chi connectivity index (χ0n) is 10.4. The number of amides is 1. The molecule has 0 unspecified atom stereocenters. The van der Waals surface area contributed by atoms with E-state index in [1.54, 1.807) is 22.6 Å². The smallest absolute Gasteiger partial charge is 0.270 e. The molecule has 0 bridgehead atoms. The molecule has 1 aliphatic heterocycles. The van der Waals surface area contributed by atoms with Crippen molar-refractivity contribution in [3.63, 3.8) is 0 Å². The number of aliphatic hydroxyl groups is 1. The molecule has 2 heterocycles. The number of hydrogen-bond acceptors (Lipinski definition) is 2. The van der Waals surface area contributed by atoms with Gasteiger partial charge in [0, 0.05) is 7.05 Å². The Morgan fingerprint density at radius 2 is 2.11 bits per heavy atom. The Balaban J connectivity index is 2.08. The van der Waals surface area contributed by atoms with Crippen LogP contribution in [0.1, 0.15) is 30.3 Å². The van der Waals surface area contributed by atoms with Crippen LogP contribution in [0.25, 0.3) is 0 Å². The van der Waals surface area contributed by atoms with Crippen molar-refractivity contribution in [2.75, 3.05) is 13.1 Å². The summed E-state index contributed by atoms with van der Waals surface area (Å²) >= 11 is 11.8. The predicted octanol–water partition coefficient (Wildman–Crippen LogP) is 2.32. The van der Waals surface area contributed by atoms with E-state index in [0.717, 1.165) is 6.42 Å². The number of halogens is 2. The van der Waals surface area contributed by atoms with Gasteiger partial charge >= 0.3 is 0 Å². The van der Waals surface area contributed by atoms with Gasteiger partial charge in [0.15, 0.2) is 0 Å². The average molecular weight is 291 g/mol. The van der Waals surface area contributed by atoms with Crippen LogP contribution in [0.2, 0.25) is 10.2 Å². The van der Waals surface area contributed by atoms with E-state index in [1.165, 1.54) is 0 Å². The number of likely N-dealkylation sites (tertiary alicyclic amines) is 1. The Labute approximate surface area is 116 Å². The molecular formula is C12H16Cl2N2O2. The second-order valence-corrected chi connectivity index (χ2v) is 5.63. The number of hydrogen-bond donors (Lipinski definition) is 1. The van der Waals surface area contributed by atoms with Gasteiger partial charge in [0.25, 0.3) is 5.91 Å². The van der Waals surface area contributed by atoms with Crippen molar-refractivity contribution in [3.8, 4) is 0 Å². The third kappa shape index (κ3) is 2.25. The quantitative estimate of drug-likeness (QED) is 0.929. The van der Waals surface area contributed by atoms with E-state index in [1.807, 2.05) is 6.92 Å². The number of rotatable bonds is 3. The molecule has 0 aliphatic carbocycles. The number of nitrogens with zero attached hydrogens (tertiary/aromatic N) is 2. The summed E-state index contributed by atoms with van der Waals surface area (Å²) in [6, 6.07) is 1.56. The van der Waals surface area contributed by atoms with Crippen molar-refractivity contribution in [2.24, 2.45) is 7.05 Å². The first-order valence-corrected chi connectivity index (χ1v) is 6.66. The number of carbonyl (C=O) groups excluding carboxylic acids is 1. The van der Waals surface area contributed by atoms with Gasteiger partial charge in [0.1, 0.15) is 10.8 Å². The van der Waals surface area contributed by atoms with Crippen molar-refractivity contribution < 1.29 is 9.90 Å². The fraction of sp³-hybridized carbons (Fsp3) is 0.583. The predicted molar refractivity (Wildman–Crippen MR) is 71.2 cm³/mol. The highest BCUT2D eigenvalue weighted by atomic mass is 35.5. The van der Waals surface area contributed by atoms with Crippen molar-refractivity contribution in [3.05, 3.63) is 21.9 Å². The Kier molecular flexibility index (Phi) is 3.63. The van der Waals surface area contributed by atoms with Gasteiger partial charge in [-0.25, -0.2) is 0 Å². The summed E-state index contributed by atoms with van der Waals surface area (Å²) in [6.45, 7) is 2.76. The fourth-order valence-corrected chi connectivity index (χ4v) is 2.72. The van der Waals surface area contributed by atoms with Gasteiger partial charge in [-0.1, -0.05) is 36.5 Å². The summed E-state index contributed by atoms with van der Waals surface area (Å²) in [6.07, 6.45) is 1.62. The molecule has 1 fully saturated rings. The third-order valence-electron chi connectivity index (χ3n) is 3.31. The molecule has 1 saturated heterocycles. The first-order chi connectivity index (χ1) is 8.38. The van der Waals surface area contributed by atoms with Gasteiger partial charge in [-0.3, -0.25) is 4.79 Å². The van der Waals surface area contributed by atoms with Crippen LogP contribution >= 0.6 is 23.2 Å². The molecule has 0 atom stereocenters. The summed E-state index contributed by atoms with van der Waals surface area (Å²) in [4.78, 5) is 13.8. The minimum Gasteiger partial charge on any atom is -0.386 e. The van der Waals surface area contributed by atoms with Crippen molar-refractivity contribution >= 4 is 29.1 Å². The molecule has 0 radical (unpaired) electrons. The number of aromatic nitrogens is 1. The van der Waals surface area contributed by atoms with Crippen LogP contribution in [-0.4, -0.2) is 39.2 Å². The first-order valence-electron chi connectivity index (χ1n) is 5.90. The molecule has 100 valence electrons. The normalized spacial score (nSPS) is 17.7. The van der Waals surface area contributed by atoms with Crippen molar-refractivity contribution in [1.82, 2.24) is 9.47 Å². The molecule has 18 heavy (non-hydrogen) atoms. The van der Waals surface area contributed by atoms with E-state index in [2.05, 4.69) is 0 Å². The highest BCUT2D eigenvalue weighted by Crippen LogP contribution is 2.30. The number of carbonyl (C=O) groups is 1. The van der Waals surface area contributed by atoms with E-state index >= 15 is 0 Å². The lowest BCUT2D eigenvalue weighted by Gasteiger charge is -2.46.